The predicted molar refractivity (Wildman–Crippen MR) is 111 cm³/mol. The first-order valence-corrected chi connectivity index (χ1v) is 10.6. The molecule has 1 saturated carbocycles. The lowest BCUT2D eigenvalue weighted by atomic mass is 10.0. The third-order valence-corrected chi connectivity index (χ3v) is 6.27. The minimum absolute atomic E-state index is 0.0382. The van der Waals surface area contributed by atoms with Gasteiger partial charge in [0.15, 0.2) is 0 Å². The Kier molecular flexibility index (Phi) is 5.79. The number of rotatable bonds is 4. The molecule has 1 aromatic heterocycles. The summed E-state index contributed by atoms with van der Waals surface area (Å²) in [7, 11) is 0. The van der Waals surface area contributed by atoms with Crippen LogP contribution < -0.4 is 10.1 Å². The Balaban J connectivity index is 1.80. The number of ether oxygens (including phenoxy) is 1. The van der Waals surface area contributed by atoms with Gasteiger partial charge in [-0.3, -0.25) is 19.9 Å². The molecular weight excluding hydrogens is 429 g/mol. The Morgan fingerprint density at radius 3 is 2.55 bits per heavy atom. The number of hydrogen-bond donors (Lipinski definition) is 1. The van der Waals surface area contributed by atoms with Gasteiger partial charge in [-0.05, 0) is 85.8 Å². The highest BCUT2D eigenvalue weighted by atomic mass is 32.2. The van der Waals surface area contributed by atoms with Crippen LogP contribution in [-0.4, -0.2) is 22.2 Å². The number of amides is 2. The number of hydrogen-bond acceptors (Lipinski definition) is 5. The second-order valence-corrected chi connectivity index (χ2v) is 8.48. The first-order valence-electron chi connectivity index (χ1n) is 9.80. The zero-order valence-electron chi connectivity index (χ0n) is 16.6. The SMILES string of the molecule is C/C(=C1/SC(=O)NC1=O)c1cc(OC2CCCC2)cc(-c2cc(C(F)(F)F)ccn2)c1. The Morgan fingerprint density at radius 1 is 1.16 bits per heavy atom. The molecule has 1 aliphatic carbocycles. The Bertz CT molecular complexity index is 1080. The van der Waals surface area contributed by atoms with Crippen LogP contribution in [-0.2, 0) is 11.0 Å². The van der Waals surface area contributed by atoms with Crippen LogP contribution in [0.1, 0.15) is 43.7 Å². The van der Waals surface area contributed by atoms with Crippen molar-refractivity contribution in [3.8, 4) is 17.0 Å². The second kappa shape index (κ2) is 8.37. The maximum atomic E-state index is 13.2. The molecule has 1 saturated heterocycles. The molecule has 9 heteroatoms. The van der Waals surface area contributed by atoms with E-state index < -0.39 is 22.9 Å². The number of alkyl halides is 3. The molecule has 4 rings (SSSR count). The molecule has 0 bridgehead atoms. The number of carbonyl (C=O) groups is 2. The topological polar surface area (TPSA) is 68.3 Å². The van der Waals surface area contributed by atoms with E-state index in [1.54, 1.807) is 25.1 Å². The first kappa shape index (κ1) is 21.4. The van der Waals surface area contributed by atoms with Crippen LogP contribution in [0.25, 0.3) is 16.8 Å². The summed E-state index contributed by atoms with van der Waals surface area (Å²) in [4.78, 5) is 28.0. The number of halogens is 3. The molecule has 0 spiro atoms. The van der Waals surface area contributed by atoms with Gasteiger partial charge in [0.1, 0.15) is 5.75 Å². The lowest BCUT2D eigenvalue weighted by Crippen LogP contribution is -2.18. The fourth-order valence-corrected chi connectivity index (χ4v) is 4.43. The van der Waals surface area contributed by atoms with E-state index in [0.717, 1.165) is 55.8 Å². The van der Waals surface area contributed by atoms with Crippen molar-refractivity contribution in [1.82, 2.24) is 10.3 Å². The van der Waals surface area contributed by atoms with Gasteiger partial charge in [0.2, 0.25) is 0 Å². The normalized spacial score (nSPS) is 19.0. The highest BCUT2D eigenvalue weighted by Gasteiger charge is 2.31. The molecule has 2 aromatic rings. The molecule has 2 amide bonds. The molecule has 5 nitrogen and oxygen atoms in total. The molecular formula is C22H19F3N2O3S. The number of allylic oxidation sites excluding steroid dienone is 1. The largest absolute Gasteiger partial charge is 0.490 e. The number of aromatic nitrogens is 1. The third-order valence-electron chi connectivity index (χ3n) is 5.28. The second-order valence-electron chi connectivity index (χ2n) is 7.50. The minimum Gasteiger partial charge on any atom is -0.490 e. The van der Waals surface area contributed by atoms with Crippen molar-refractivity contribution in [2.75, 3.05) is 0 Å². The van der Waals surface area contributed by atoms with Gasteiger partial charge < -0.3 is 4.74 Å². The predicted octanol–water partition coefficient (Wildman–Crippen LogP) is 5.80. The van der Waals surface area contributed by atoms with Crippen LogP contribution in [0.3, 0.4) is 0 Å². The molecule has 1 aliphatic heterocycles. The molecule has 0 radical (unpaired) electrons. The Hall–Kier alpha value is -2.81. The van der Waals surface area contributed by atoms with Gasteiger partial charge in [0.05, 0.1) is 22.3 Å². The highest BCUT2D eigenvalue weighted by molar-refractivity contribution is 8.18. The molecule has 162 valence electrons. The number of benzene rings is 1. The molecule has 1 aromatic carbocycles. The fraction of sp³-hybridized carbons (Fsp3) is 0.318. The summed E-state index contributed by atoms with van der Waals surface area (Å²) in [6, 6.07) is 6.97. The van der Waals surface area contributed by atoms with Crippen molar-refractivity contribution < 1.29 is 27.5 Å². The Morgan fingerprint density at radius 2 is 1.90 bits per heavy atom. The van der Waals surface area contributed by atoms with E-state index in [0.29, 0.717) is 22.4 Å². The summed E-state index contributed by atoms with van der Waals surface area (Å²) >= 11 is 0.798. The van der Waals surface area contributed by atoms with Crippen molar-refractivity contribution in [2.45, 2.75) is 44.9 Å². The van der Waals surface area contributed by atoms with Gasteiger partial charge in [-0.25, -0.2) is 0 Å². The lowest BCUT2D eigenvalue weighted by Gasteiger charge is -2.17. The van der Waals surface area contributed by atoms with E-state index in [4.69, 9.17) is 4.74 Å². The van der Waals surface area contributed by atoms with Crippen LogP contribution in [0, 0.1) is 0 Å². The smallest absolute Gasteiger partial charge is 0.416 e. The summed E-state index contributed by atoms with van der Waals surface area (Å²) in [5, 5.41) is 1.76. The monoisotopic (exact) mass is 448 g/mol. The van der Waals surface area contributed by atoms with E-state index in [-0.39, 0.29) is 16.7 Å². The summed E-state index contributed by atoms with van der Waals surface area (Å²) < 4.78 is 45.6. The number of nitrogens with zero attached hydrogens (tertiary/aromatic N) is 1. The van der Waals surface area contributed by atoms with Crippen LogP contribution in [0.2, 0.25) is 0 Å². The van der Waals surface area contributed by atoms with E-state index in [1.165, 1.54) is 0 Å². The van der Waals surface area contributed by atoms with Gasteiger partial charge in [0, 0.05) is 11.8 Å². The van der Waals surface area contributed by atoms with Crippen LogP contribution in [0.4, 0.5) is 18.0 Å². The van der Waals surface area contributed by atoms with E-state index in [1.807, 2.05) is 0 Å². The maximum absolute atomic E-state index is 13.2. The molecule has 2 aliphatic rings. The van der Waals surface area contributed by atoms with E-state index in [9.17, 15) is 22.8 Å². The lowest BCUT2D eigenvalue weighted by molar-refractivity contribution is -0.137. The molecule has 1 N–H and O–H groups in total. The van der Waals surface area contributed by atoms with Crippen molar-refractivity contribution in [3.05, 3.63) is 52.6 Å². The highest BCUT2D eigenvalue weighted by Crippen LogP contribution is 2.37. The maximum Gasteiger partial charge on any atom is 0.416 e. The van der Waals surface area contributed by atoms with Crippen molar-refractivity contribution in [3.63, 3.8) is 0 Å². The first-order chi connectivity index (χ1) is 14.7. The number of nitrogens with one attached hydrogen (secondary N) is 1. The van der Waals surface area contributed by atoms with Crippen LogP contribution >= 0.6 is 11.8 Å². The average molecular weight is 448 g/mol. The quantitative estimate of drug-likeness (QED) is 0.599. The number of carbonyl (C=O) groups excluding carboxylic acids is 2. The van der Waals surface area contributed by atoms with Gasteiger partial charge >= 0.3 is 6.18 Å². The standard InChI is InChI=1S/C22H19F3N2O3S/c1-12(19-20(28)27-21(29)31-19)13-8-14(10-17(9-13)30-16-4-2-3-5-16)18-11-15(6-7-26-18)22(23,24)25/h6-11,16H,2-5H2,1H3,(H,27,28,29)/b19-12-. The zero-order chi connectivity index (χ0) is 22.2. The summed E-state index contributed by atoms with van der Waals surface area (Å²) in [6.07, 6.45) is 0.615. The van der Waals surface area contributed by atoms with Crippen LogP contribution in [0.5, 0.6) is 5.75 Å². The molecule has 31 heavy (non-hydrogen) atoms. The van der Waals surface area contributed by atoms with Gasteiger partial charge in [-0.2, -0.15) is 13.2 Å². The van der Waals surface area contributed by atoms with Crippen molar-refractivity contribution in [2.24, 2.45) is 0 Å². The number of thioether (sulfide) groups is 1. The van der Waals surface area contributed by atoms with Gasteiger partial charge in [-0.1, -0.05) is 0 Å². The number of pyridine rings is 1. The van der Waals surface area contributed by atoms with Crippen molar-refractivity contribution in [1.29, 1.82) is 0 Å². The molecule has 2 heterocycles. The minimum atomic E-state index is -4.49. The summed E-state index contributed by atoms with van der Waals surface area (Å²) in [5.74, 6) is 0.00153. The summed E-state index contributed by atoms with van der Waals surface area (Å²) in [6.45, 7) is 1.69. The fourth-order valence-electron chi connectivity index (χ4n) is 3.69. The summed E-state index contributed by atoms with van der Waals surface area (Å²) in [5.41, 5.74) is 0.902. The van der Waals surface area contributed by atoms with Gasteiger partial charge in [-0.15, -0.1) is 0 Å². The molecule has 0 unspecified atom stereocenters. The molecule has 0 atom stereocenters. The van der Waals surface area contributed by atoms with E-state index >= 15 is 0 Å². The average Bonchev–Trinajstić information content (AvgIpc) is 3.35. The van der Waals surface area contributed by atoms with Crippen LogP contribution in [0.15, 0.2) is 41.4 Å². The zero-order valence-corrected chi connectivity index (χ0v) is 17.4. The van der Waals surface area contributed by atoms with Crippen molar-refractivity contribution >= 4 is 28.5 Å². The molecule has 2 fully saturated rings. The van der Waals surface area contributed by atoms with Gasteiger partial charge in [0.25, 0.3) is 11.1 Å². The number of imide groups is 1. The van der Waals surface area contributed by atoms with E-state index in [2.05, 4.69) is 10.3 Å². The third kappa shape index (κ3) is 4.76. The Labute approximate surface area is 181 Å².